The monoisotopic (exact) mass is 345 g/mol. The highest BCUT2D eigenvalue weighted by Crippen LogP contribution is 2.46. The summed E-state index contributed by atoms with van der Waals surface area (Å²) in [4.78, 5) is 26.5. The van der Waals surface area contributed by atoms with Crippen molar-refractivity contribution in [2.75, 3.05) is 0 Å². The molecule has 1 amide bonds. The first-order valence-corrected chi connectivity index (χ1v) is 9.28. The second kappa shape index (κ2) is 8.03. The molecule has 2 rings (SSSR count). The molecule has 4 heteroatoms. The molecule has 1 unspecified atom stereocenters. The number of nitrogens with zero attached hydrogens (tertiary/aromatic N) is 1. The third kappa shape index (κ3) is 5.58. The summed E-state index contributed by atoms with van der Waals surface area (Å²) in [5.74, 6) is 0.448. The maximum Gasteiger partial charge on any atom is 0.410 e. The van der Waals surface area contributed by atoms with Crippen LogP contribution in [-0.4, -0.2) is 34.5 Å². The van der Waals surface area contributed by atoms with Gasteiger partial charge in [-0.2, -0.15) is 0 Å². The lowest BCUT2D eigenvalue weighted by Gasteiger charge is -2.34. The van der Waals surface area contributed by atoms with E-state index in [4.69, 9.17) is 4.74 Å². The van der Waals surface area contributed by atoms with Gasteiger partial charge in [-0.05, 0) is 46.1 Å². The summed E-state index contributed by atoms with van der Waals surface area (Å²) >= 11 is 0. The largest absolute Gasteiger partial charge is 0.444 e. The summed E-state index contributed by atoms with van der Waals surface area (Å²) in [7, 11) is 0. The Bertz CT molecular complexity index is 591. The Hall–Kier alpha value is -1.84. The van der Waals surface area contributed by atoms with Crippen molar-refractivity contribution in [1.82, 2.24) is 4.90 Å². The van der Waals surface area contributed by atoms with Crippen LogP contribution in [0.3, 0.4) is 0 Å². The van der Waals surface area contributed by atoms with Crippen LogP contribution in [0.1, 0.15) is 71.8 Å². The minimum Gasteiger partial charge on any atom is -0.444 e. The van der Waals surface area contributed by atoms with Crippen molar-refractivity contribution in [3.05, 3.63) is 35.9 Å². The first kappa shape index (κ1) is 19.5. The summed E-state index contributed by atoms with van der Waals surface area (Å²) in [5.41, 5.74) is 0.707. The number of hydrogen-bond acceptors (Lipinski definition) is 3. The summed E-state index contributed by atoms with van der Waals surface area (Å²) in [5, 5.41) is 0. The van der Waals surface area contributed by atoms with Crippen molar-refractivity contribution >= 4 is 11.9 Å². The molecule has 1 fully saturated rings. The van der Waals surface area contributed by atoms with Gasteiger partial charge in [-0.1, -0.05) is 43.7 Å². The van der Waals surface area contributed by atoms with Gasteiger partial charge < -0.3 is 9.64 Å². The molecule has 0 aromatic heterocycles. The van der Waals surface area contributed by atoms with E-state index in [1.165, 1.54) is 5.56 Å². The average molecular weight is 345 g/mol. The molecule has 0 N–H and O–H groups in total. The summed E-state index contributed by atoms with van der Waals surface area (Å²) < 4.78 is 5.67. The lowest BCUT2D eigenvalue weighted by molar-refractivity contribution is -0.118. The van der Waals surface area contributed by atoms with Crippen molar-refractivity contribution in [1.29, 1.82) is 0 Å². The Balaban J connectivity index is 2.22. The van der Waals surface area contributed by atoms with Crippen LogP contribution in [0, 0.1) is 0 Å². The molecule has 3 atom stereocenters. The van der Waals surface area contributed by atoms with Crippen LogP contribution < -0.4 is 0 Å². The molecule has 1 aromatic rings. The molecule has 0 spiro atoms. The molecular weight excluding hydrogens is 314 g/mol. The van der Waals surface area contributed by atoms with Crippen molar-refractivity contribution in [2.45, 2.75) is 83.9 Å². The number of benzene rings is 1. The number of hydrogen-bond donors (Lipinski definition) is 0. The van der Waals surface area contributed by atoms with Gasteiger partial charge in [-0.25, -0.2) is 4.79 Å². The van der Waals surface area contributed by atoms with Gasteiger partial charge in [0.05, 0.1) is 0 Å². The smallest absolute Gasteiger partial charge is 0.410 e. The molecule has 138 valence electrons. The topological polar surface area (TPSA) is 46.6 Å². The van der Waals surface area contributed by atoms with E-state index >= 15 is 0 Å². The number of amides is 1. The van der Waals surface area contributed by atoms with Crippen LogP contribution in [0.25, 0.3) is 0 Å². The highest BCUT2D eigenvalue weighted by Gasteiger charge is 2.48. The zero-order chi connectivity index (χ0) is 18.6. The number of carbonyl (C=O) groups is 2. The molecule has 0 saturated heterocycles. The minimum atomic E-state index is -0.542. The number of carbonyl (C=O) groups excluding carboxylic acids is 2. The summed E-state index contributed by atoms with van der Waals surface area (Å²) in [6.07, 6.45) is 2.78. The first-order chi connectivity index (χ1) is 11.7. The van der Waals surface area contributed by atoms with Crippen LogP contribution in [0.4, 0.5) is 4.79 Å². The standard InChI is InChI=1S/C21H31NO3/c1-6-10-17(13-15(2)23)22(20(24)25-21(3,4)5)19-14-18(19)16-11-8-7-9-12-16/h7-9,11-12,17-19H,6,10,13-14H2,1-5H3/t17?,18-,19+/m0/s1. The van der Waals surface area contributed by atoms with Gasteiger partial charge in [0.1, 0.15) is 11.4 Å². The van der Waals surface area contributed by atoms with Crippen LogP contribution in [0.5, 0.6) is 0 Å². The highest BCUT2D eigenvalue weighted by atomic mass is 16.6. The molecule has 25 heavy (non-hydrogen) atoms. The highest BCUT2D eigenvalue weighted by molar-refractivity contribution is 5.77. The van der Waals surface area contributed by atoms with Crippen molar-refractivity contribution in [3.63, 3.8) is 0 Å². The Morgan fingerprint density at radius 2 is 1.88 bits per heavy atom. The normalized spacial score (nSPS) is 20.7. The lowest BCUT2D eigenvalue weighted by atomic mass is 10.0. The van der Waals surface area contributed by atoms with E-state index in [9.17, 15) is 9.59 Å². The zero-order valence-electron chi connectivity index (χ0n) is 16.1. The molecule has 0 aliphatic heterocycles. The van der Waals surface area contributed by atoms with E-state index in [1.54, 1.807) is 6.92 Å². The fraction of sp³-hybridized carbons (Fsp3) is 0.619. The molecule has 1 aliphatic rings. The minimum absolute atomic E-state index is 0.0870. The Kier molecular flexibility index (Phi) is 6.26. The van der Waals surface area contributed by atoms with E-state index in [-0.39, 0.29) is 24.0 Å². The quantitative estimate of drug-likeness (QED) is 0.704. The van der Waals surface area contributed by atoms with Crippen molar-refractivity contribution in [3.8, 4) is 0 Å². The van der Waals surface area contributed by atoms with Crippen LogP contribution in [0.15, 0.2) is 30.3 Å². The summed E-state index contributed by atoms with van der Waals surface area (Å²) in [6, 6.07) is 10.3. The maximum absolute atomic E-state index is 12.9. The maximum atomic E-state index is 12.9. The third-order valence-corrected chi connectivity index (χ3v) is 4.48. The average Bonchev–Trinajstić information content (AvgIpc) is 3.26. The Morgan fingerprint density at radius 3 is 2.40 bits per heavy atom. The van der Waals surface area contributed by atoms with Gasteiger partial charge in [0.15, 0.2) is 0 Å². The fourth-order valence-corrected chi connectivity index (χ4v) is 3.42. The molecule has 0 heterocycles. The van der Waals surface area contributed by atoms with Crippen molar-refractivity contribution in [2.24, 2.45) is 0 Å². The lowest BCUT2D eigenvalue weighted by Crippen LogP contribution is -2.46. The number of Topliss-reactive ketones (excluding diaryl/α,β-unsaturated/α-hetero) is 1. The SMILES string of the molecule is CCCC(CC(C)=O)N(C(=O)OC(C)(C)C)[C@@H]1C[C@H]1c1ccccc1. The summed E-state index contributed by atoms with van der Waals surface area (Å²) in [6.45, 7) is 9.32. The van der Waals surface area contributed by atoms with Crippen LogP contribution >= 0.6 is 0 Å². The van der Waals surface area contributed by atoms with Gasteiger partial charge in [0.2, 0.25) is 0 Å². The molecule has 0 bridgehead atoms. The number of ketones is 1. The van der Waals surface area contributed by atoms with E-state index in [0.717, 1.165) is 19.3 Å². The number of rotatable bonds is 7. The third-order valence-electron chi connectivity index (χ3n) is 4.48. The zero-order valence-corrected chi connectivity index (χ0v) is 16.1. The van der Waals surface area contributed by atoms with Gasteiger partial charge in [-0.3, -0.25) is 4.79 Å². The molecular formula is C21H31NO3. The molecule has 1 aliphatic carbocycles. The second-order valence-corrected chi connectivity index (χ2v) is 8.06. The fourth-order valence-electron chi connectivity index (χ4n) is 3.42. The molecule has 1 aromatic carbocycles. The Labute approximate surface area is 151 Å². The van der Waals surface area contributed by atoms with Gasteiger partial charge in [0.25, 0.3) is 0 Å². The van der Waals surface area contributed by atoms with Gasteiger partial charge in [-0.15, -0.1) is 0 Å². The van der Waals surface area contributed by atoms with Crippen LogP contribution in [-0.2, 0) is 9.53 Å². The van der Waals surface area contributed by atoms with Gasteiger partial charge in [0, 0.05) is 24.4 Å². The van der Waals surface area contributed by atoms with Crippen LogP contribution in [0.2, 0.25) is 0 Å². The number of ether oxygens (including phenoxy) is 1. The van der Waals surface area contributed by atoms with E-state index < -0.39 is 5.60 Å². The predicted molar refractivity (Wildman–Crippen MR) is 99.7 cm³/mol. The first-order valence-electron chi connectivity index (χ1n) is 9.28. The van der Waals surface area contributed by atoms with E-state index in [0.29, 0.717) is 12.3 Å². The Morgan fingerprint density at radius 1 is 1.24 bits per heavy atom. The van der Waals surface area contributed by atoms with Gasteiger partial charge >= 0.3 is 6.09 Å². The predicted octanol–water partition coefficient (Wildman–Crippen LogP) is 4.93. The van der Waals surface area contributed by atoms with Crippen molar-refractivity contribution < 1.29 is 14.3 Å². The second-order valence-electron chi connectivity index (χ2n) is 8.06. The molecule has 0 radical (unpaired) electrons. The van der Waals surface area contributed by atoms with E-state index in [1.807, 2.05) is 43.9 Å². The molecule has 1 saturated carbocycles. The van der Waals surface area contributed by atoms with E-state index in [2.05, 4.69) is 19.1 Å². The molecule has 4 nitrogen and oxygen atoms in total.